The van der Waals surface area contributed by atoms with Crippen molar-refractivity contribution in [2.45, 2.75) is 45.3 Å². The Hall–Kier alpha value is -1.13. The molecule has 0 aliphatic heterocycles. The van der Waals surface area contributed by atoms with Gasteiger partial charge in [-0.25, -0.2) is 0 Å². The Morgan fingerprint density at radius 1 is 1.44 bits per heavy atom. The molecule has 100 valence electrons. The number of methoxy groups -OCH3 is 1. The van der Waals surface area contributed by atoms with Crippen molar-refractivity contribution in [1.82, 2.24) is 4.57 Å². The van der Waals surface area contributed by atoms with E-state index < -0.39 is 5.60 Å². The number of hydrogen-bond donors (Lipinski definition) is 1. The molecule has 0 saturated heterocycles. The maximum atomic E-state index is 12.4. The second-order valence-electron chi connectivity index (χ2n) is 5.39. The summed E-state index contributed by atoms with van der Waals surface area (Å²) in [5.41, 5.74) is 1.62. The minimum Gasteiger partial charge on any atom is -0.386 e. The molecule has 1 aromatic heterocycles. The van der Waals surface area contributed by atoms with E-state index in [1.165, 1.54) is 5.56 Å². The van der Waals surface area contributed by atoms with Gasteiger partial charge in [0.05, 0.1) is 12.2 Å². The molecular weight excluding hydrogens is 230 g/mol. The Balaban J connectivity index is 2.56. The first-order valence-corrected chi connectivity index (χ1v) is 6.42. The summed E-state index contributed by atoms with van der Waals surface area (Å²) in [6.07, 6.45) is 3.02. The van der Waals surface area contributed by atoms with Crippen molar-refractivity contribution >= 4 is 0 Å². The normalized spacial score (nSPS) is 14.9. The molecule has 4 nitrogen and oxygen atoms in total. The van der Waals surface area contributed by atoms with Crippen LogP contribution in [0.3, 0.4) is 0 Å². The number of rotatable bonds is 4. The summed E-state index contributed by atoms with van der Waals surface area (Å²) in [7, 11) is 1.63. The van der Waals surface area contributed by atoms with Crippen molar-refractivity contribution in [2.75, 3.05) is 13.7 Å². The van der Waals surface area contributed by atoms with Crippen LogP contribution in [0.2, 0.25) is 0 Å². The molecule has 0 amide bonds. The fraction of sp³-hybridized carbons (Fsp3) is 0.643. The number of fused-ring (bicyclic) bond motifs is 1. The predicted molar refractivity (Wildman–Crippen MR) is 69.8 cm³/mol. The molecular formula is C14H21NO3. The van der Waals surface area contributed by atoms with Crippen LogP contribution in [-0.2, 0) is 29.7 Å². The maximum absolute atomic E-state index is 12.4. The van der Waals surface area contributed by atoms with Crippen LogP contribution in [-0.4, -0.2) is 23.4 Å². The number of aryl methyl sites for hydroxylation is 1. The molecule has 1 N–H and O–H groups in total. The molecule has 4 heteroatoms. The highest BCUT2D eigenvalue weighted by molar-refractivity contribution is 5.32. The average molecular weight is 251 g/mol. The Morgan fingerprint density at radius 3 is 2.78 bits per heavy atom. The molecule has 18 heavy (non-hydrogen) atoms. The van der Waals surface area contributed by atoms with Crippen LogP contribution in [0, 0.1) is 0 Å². The first-order valence-electron chi connectivity index (χ1n) is 6.42. The number of aliphatic hydroxyl groups is 1. The number of nitrogens with zero attached hydrogens (tertiary/aromatic N) is 1. The van der Waals surface area contributed by atoms with Gasteiger partial charge in [0.15, 0.2) is 0 Å². The molecule has 2 rings (SSSR count). The molecule has 0 bridgehead atoms. The van der Waals surface area contributed by atoms with Crippen LogP contribution >= 0.6 is 0 Å². The van der Waals surface area contributed by atoms with Crippen LogP contribution in [0.4, 0.5) is 0 Å². The largest absolute Gasteiger partial charge is 0.386 e. The lowest BCUT2D eigenvalue weighted by molar-refractivity contribution is 0.0760. The van der Waals surface area contributed by atoms with Crippen LogP contribution in [0.1, 0.15) is 37.1 Å². The van der Waals surface area contributed by atoms with Gasteiger partial charge >= 0.3 is 0 Å². The minimum absolute atomic E-state index is 0.0831. The molecule has 0 saturated carbocycles. The summed E-state index contributed by atoms with van der Waals surface area (Å²) in [5, 5.41) is 10.1. The van der Waals surface area contributed by atoms with Crippen molar-refractivity contribution in [3.63, 3.8) is 0 Å². The van der Waals surface area contributed by atoms with Gasteiger partial charge in [0.2, 0.25) is 0 Å². The number of hydrogen-bond acceptors (Lipinski definition) is 3. The molecule has 0 atom stereocenters. The van der Waals surface area contributed by atoms with Crippen molar-refractivity contribution in [3.8, 4) is 0 Å². The second-order valence-corrected chi connectivity index (χ2v) is 5.39. The van der Waals surface area contributed by atoms with E-state index in [-0.39, 0.29) is 5.56 Å². The SMILES string of the molecule is COCCn1c2c(cc(C(C)(C)O)c1=O)CCC2. The molecule has 1 aliphatic carbocycles. The molecule has 0 radical (unpaired) electrons. The van der Waals surface area contributed by atoms with Gasteiger partial charge in [0.25, 0.3) is 5.56 Å². The summed E-state index contributed by atoms with van der Waals surface area (Å²) in [4.78, 5) is 12.4. The van der Waals surface area contributed by atoms with E-state index in [0.717, 1.165) is 25.0 Å². The number of ether oxygens (including phenoxy) is 1. The van der Waals surface area contributed by atoms with E-state index in [1.807, 2.05) is 6.07 Å². The van der Waals surface area contributed by atoms with E-state index in [4.69, 9.17) is 4.74 Å². The summed E-state index contributed by atoms with van der Waals surface area (Å²) < 4.78 is 6.84. The number of aromatic nitrogens is 1. The number of pyridine rings is 1. The lowest BCUT2D eigenvalue weighted by Gasteiger charge is -2.21. The molecule has 0 fully saturated rings. The third-order valence-corrected chi connectivity index (χ3v) is 3.53. The zero-order valence-electron chi connectivity index (χ0n) is 11.3. The Labute approximate surface area is 107 Å². The highest BCUT2D eigenvalue weighted by Gasteiger charge is 2.26. The van der Waals surface area contributed by atoms with Gasteiger partial charge < -0.3 is 14.4 Å². The van der Waals surface area contributed by atoms with Gasteiger partial charge in [-0.05, 0) is 44.7 Å². The van der Waals surface area contributed by atoms with Crippen LogP contribution in [0.25, 0.3) is 0 Å². The van der Waals surface area contributed by atoms with E-state index >= 15 is 0 Å². The molecule has 0 spiro atoms. The van der Waals surface area contributed by atoms with Gasteiger partial charge in [-0.2, -0.15) is 0 Å². The van der Waals surface area contributed by atoms with Crippen molar-refractivity contribution in [1.29, 1.82) is 0 Å². The van der Waals surface area contributed by atoms with Crippen LogP contribution in [0.15, 0.2) is 10.9 Å². The summed E-state index contributed by atoms with van der Waals surface area (Å²) in [5.74, 6) is 0. The topological polar surface area (TPSA) is 51.5 Å². The fourth-order valence-electron chi connectivity index (χ4n) is 2.58. The molecule has 1 aliphatic rings. The van der Waals surface area contributed by atoms with Gasteiger partial charge in [0.1, 0.15) is 0 Å². The average Bonchev–Trinajstić information content (AvgIpc) is 2.73. The highest BCUT2D eigenvalue weighted by Crippen LogP contribution is 2.25. The maximum Gasteiger partial charge on any atom is 0.256 e. The van der Waals surface area contributed by atoms with Crippen molar-refractivity contribution in [2.24, 2.45) is 0 Å². The quantitative estimate of drug-likeness (QED) is 0.875. The first kappa shape index (κ1) is 13.3. The third kappa shape index (κ3) is 2.35. The van der Waals surface area contributed by atoms with E-state index in [1.54, 1.807) is 25.5 Å². The predicted octanol–water partition coefficient (Wildman–Crippen LogP) is 1.21. The Morgan fingerprint density at radius 2 is 2.17 bits per heavy atom. The van der Waals surface area contributed by atoms with Crippen LogP contribution < -0.4 is 5.56 Å². The van der Waals surface area contributed by atoms with Crippen molar-refractivity contribution < 1.29 is 9.84 Å². The molecule has 0 unspecified atom stereocenters. The van der Waals surface area contributed by atoms with Crippen molar-refractivity contribution in [3.05, 3.63) is 33.2 Å². The Bertz CT molecular complexity index is 497. The standard InChI is InChI=1S/C14H21NO3/c1-14(2,17)11-9-10-5-4-6-12(10)15(13(11)16)7-8-18-3/h9,17H,4-8H2,1-3H3. The van der Waals surface area contributed by atoms with Gasteiger partial charge in [-0.1, -0.05) is 0 Å². The molecule has 1 heterocycles. The summed E-state index contributed by atoms with van der Waals surface area (Å²) in [6, 6.07) is 1.88. The summed E-state index contributed by atoms with van der Waals surface area (Å²) in [6.45, 7) is 4.39. The zero-order valence-corrected chi connectivity index (χ0v) is 11.3. The monoisotopic (exact) mass is 251 g/mol. The first-order chi connectivity index (χ1) is 8.45. The van der Waals surface area contributed by atoms with Gasteiger partial charge in [-0.15, -0.1) is 0 Å². The van der Waals surface area contributed by atoms with Crippen LogP contribution in [0.5, 0.6) is 0 Å². The lowest BCUT2D eigenvalue weighted by Crippen LogP contribution is -2.34. The third-order valence-electron chi connectivity index (χ3n) is 3.53. The highest BCUT2D eigenvalue weighted by atomic mass is 16.5. The molecule has 0 aromatic carbocycles. The fourth-order valence-corrected chi connectivity index (χ4v) is 2.58. The van der Waals surface area contributed by atoms with E-state index in [9.17, 15) is 9.90 Å². The summed E-state index contributed by atoms with van der Waals surface area (Å²) >= 11 is 0. The van der Waals surface area contributed by atoms with Gasteiger partial charge in [0, 0.05) is 24.9 Å². The zero-order chi connectivity index (χ0) is 13.3. The molecule has 1 aromatic rings. The van der Waals surface area contributed by atoms with E-state index in [0.29, 0.717) is 18.7 Å². The lowest BCUT2D eigenvalue weighted by atomic mass is 9.97. The smallest absolute Gasteiger partial charge is 0.256 e. The minimum atomic E-state index is -1.09. The second kappa shape index (κ2) is 4.86. The van der Waals surface area contributed by atoms with E-state index in [2.05, 4.69) is 0 Å². The Kier molecular flexibility index (Phi) is 3.59. The van der Waals surface area contributed by atoms with Gasteiger partial charge in [-0.3, -0.25) is 4.79 Å².